The number of hydrogen-bond acceptors (Lipinski definition) is 5. The standard InChI is InChI=1S/C24H24N6O/c1-15-11-12-18-17(14-15)23(29-28-18)24(31)30-13-5-8-20(30)19-7-4-10-22(26-19)27-21-9-3-6-16(2)25-21/h3-4,6-7,9-12,14,20H,5,8,13H2,1-2H3,(H,28,29)(H,25,26,27)/t20-/m0/s1. The van der Waals surface area contributed by atoms with Crippen molar-refractivity contribution in [2.45, 2.75) is 32.7 Å². The lowest BCUT2D eigenvalue weighted by Crippen LogP contribution is -2.31. The quantitative estimate of drug-likeness (QED) is 0.508. The van der Waals surface area contributed by atoms with Gasteiger partial charge in [0.25, 0.3) is 5.91 Å². The molecule has 4 aromatic rings. The van der Waals surface area contributed by atoms with Gasteiger partial charge in [0.2, 0.25) is 0 Å². The lowest BCUT2D eigenvalue weighted by Gasteiger charge is -2.24. The summed E-state index contributed by atoms with van der Waals surface area (Å²) in [5, 5.41) is 11.5. The second-order valence-electron chi connectivity index (χ2n) is 8.01. The summed E-state index contributed by atoms with van der Waals surface area (Å²) < 4.78 is 0. The minimum Gasteiger partial charge on any atom is -0.329 e. The highest BCUT2D eigenvalue weighted by molar-refractivity contribution is 6.05. The summed E-state index contributed by atoms with van der Waals surface area (Å²) in [7, 11) is 0. The van der Waals surface area contributed by atoms with Gasteiger partial charge in [0.05, 0.1) is 17.3 Å². The first-order chi connectivity index (χ1) is 15.1. The number of aromatic nitrogens is 4. The summed E-state index contributed by atoms with van der Waals surface area (Å²) in [4.78, 5) is 24.6. The van der Waals surface area contributed by atoms with Crippen LogP contribution in [0.3, 0.4) is 0 Å². The van der Waals surface area contributed by atoms with Crippen LogP contribution in [0.15, 0.2) is 54.6 Å². The molecule has 1 fully saturated rings. The number of hydrogen-bond donors (Lipinski definition) is 2. The van der Waals surface area contributed by atoms with Gasteiger partial charge in [-0.25, -0.2) is 9.97 Å². The first-order valence-electron chi connectivity index (χ1n) is 10.5. The van der Waals surface area contributed by atoms with Gasteiger partial charge in [-0.3, -0.25) is 9.89 Å². The number of nitrogens with one attached hydrogen (secondary N) is 2. The van der Waals surface area contributed by atoms with Crippen molar-refractivity contribution < 1.29 is 4.79 Å². The van der Waals surface area contributed by atoms with Crippen LogP contribution in [0.5, 0.6) is 0 Å². The zero-order chi connectivity index (χ0) is 21.4. The Bertz CT molecular complexity index is 1260. The number of rotatable bonds is 4. The number of fused-ring (bicyclic) bond motifs is 1. The van der Waals surface area contributed by atoms with Crippen molar-refractivity contribution >= 4 is 28.4 Å². The summed E-state index contributed by atoms with van der Waals surface area (Å²) in [6, 6.07) is 17.6. The molecule has 0 unspecified atom stereocenters. The molecule has 0 radical (unpaired) electrons. The van der Waals surface area contributed by atoms with Crippen LogP contribution in [-0.4, -0.2) is 37.5 Å². The van der Waals surface area contributed by atoms with E-state index in [1.165, 1.54) is 0 Å². The molecule has 1 aromatic carbocycles. The Hall–Kier alpha value is -3.74. The number of benzene rings is 1. The Morgan fingerprint density at radius 3 is 2.71 bits per heavy atom. The molecule has 1 saturated heterocycles. The van der Waals surface area contributed by atoms with Gasteiger partial charge in [0.1, 0.15) is 11.6 Å². The minimum atomic E-state index is -0.0729. The predicted octanol–water partition coefficient (Wildman–Crippen LogP) is 4.69. The first-order valence-corrected chi connectivity index (χ1v) is 10.5. The van der Waals surface area contributed by atoms with Gasteiger partial charge in [0, 0.05) is 17.6 Å². The van der Waals surface area contributed by atoms with Crippen molar-refractivity contribution in [3.63, 3.8) is 0 Å². The fourth-order valence-corrected chi connectivity index (χ4v) is 4.19. The maximum Gasteiger partial charge on any atom is 0.275 e. The van der Waals surface area contributed by atoms with Crippen molar-refractivity contribution in [3.05, 3.63) is 77.2 Å². The van der Waals surface area contributed by atoms with E-state index in [2.05, 4.69) is 20.5 Å². The van der Waals surface area contributed by atoms with E-state index >= 15 is 0 Å². The van der Waals surface area contributed by atoms with Crippen LogP contribution >= 0.6 is 0 Å². The molecule has 1 aliphatic rings. The Kier molecular flexibility index (Phi) is 4.86. The summed E-state index contributed by atoms with van der Waals surface area (Å²) in [5.74, 6) is 1.41. The Morgan fingerprint density at radius 1 is 1.06 bits per heavy atom. The number of carbonyl (C=O) groups excluding carboxylic acids is 1. The average Bonchev–Trinajstić information content (AvgIpc) is 3.41. The van der Waals surface area contributed by atoms with E-state index in [9.17, 15) is 4.79 Å². The lowest BCUT2D eigenvalue weighted by molar-refractivity contribution is 0.0729. The number of aryl methyl sites for hydroxylation is 2. The van der Waals surface area contributed by atoms with Gasteiger partial charge in [0.15, 0.2) is 5.69 Å². The maximum atomic E-state index is 13.4. The summed E-state index contributed by atoms with van der Waals surface area (Å²) in [6.07, 6.45) is 1.82. The van der Waals surface area contributed by atoms with Gasteiger partial charge in [-0.1, -0.05) is 23.8 Å². The zero-order valence-corrected chi connectivity index (χ0v) is 17.6. The van der Waals surface area contributed by atoms with Crippen LogP contribution in [0.25, 0.3) is 10.9 Å². The van der Waals surface area contributed by atoms with Crippen LogP contribution in [0.1, 0.15) is 46.3 Å². The van der Waals surface area contributed by atoms with Gasteiger partial charge in [-0.05, 0) is 63.1 Å². The molecule has 7 heteroatoms. The SMILES string of the molecule is Cc1ccc2[nH]nc(C(=O)N3CCC[C@H]3c3cccc(Nc4cccc(C)n4)n3)c2c1. The number of likely N-dealkylation sites (tertiary alicyclic amines) is 1. The molecule has 0 spiro atoms. The summed E-state index contributed by atoms with van der Waals surface area (Å²) in [5.41, 5.74) is 4.27. The van der Waals surface area contributed by atoms with E-state index < -0.39 is 0 Å². The van der Waals surface area contributed by atoms with E-state index in [0.717, 1.165) is 52.3 Å². The Labute approximate surface area is 180 Å². The number of H-pyrrole nitrogens is 1. The summed E-state index contributed by atoms with van der Waals surface area (Å²) in [6.45, 7) is 4.67. The molecule has 0 aliphatic carbocycles. The van der Waals surface area contributed by atoms with Crippen LogP contribution in [-0.2, 0) is 0 Å². The first kappa shape index (κ1) is 19.2. The molecule has 2 N–H and O–H groups in total. The normalized spacial score (nSPS) is 16.1. The Morgan fingerprint density at radius 2 is 1.87 bits per heavy atom. The van der Waals surface area contributed by atoms with E-state index in [1.807, 2.05) is 73.3 Å². The molecule has 31 heavy (non-hydrogen) atoms. The van der Waals surface area contributed by atoms with Crippen molar-refractivity contribution in [3.8, 4) is 0 Å². The van der Waals surface area contributed by atoms with Gasteiger partial charge < -0.3 is 10.2 Å². The smallest absolute Gasteiger partial charge is 0.275 e. The third-order valence-corrected chi connectivity index (χ3v) is 5.69. The van der Waals surface area contributed by atoms with Crippen LogP contribution < -0.4 is 5.32 Å². The van der Waals surface area contributed by atoms with Crippen molar-refractivity contribution in [1.82, 2.24) is 25.1 Å². The number of amides is 1. The molecular weight excluding hydrogens is 388 g/mol. The molecule has 7 nitrogen and oxygen atoms in total. The van der Waals surface area contributed by atoms with Crippen molar-refractivity contribution in [1.29, 1.82) is 0 Å². The van der Waals surface area contributed by atoms with E-state index in [-0.39, 0.29) is 11.9 Å². The molecule has 1 atom stereocenters. The monoisotopic (exact) mass is 412 g/mol. The average molecular weight is 412 g/mol. The molecule has 0 saturated carbocycles. The molecule has 1 aliphatic heterocycles. The molecule has 5 rings (SSSR count). The van der Waals surface area contributed by atoms with E-state index in [0.29, 0.717) is 12.2 Å². The van der Waals surface area contributed by atoms with Crippen LogP contribution in [0.2, 0.25) is 0 Å². The van der Waals surface area contributed by atoms with Crippen molar-refractivity contribution in [2.24, 2.45) is 0 Å². The molecule has 156 valence electrons. The number of carbonyl (C=O) groups is 1. The fourth-order valence-electron chi connectivity index (χ4n) is 4.19. The van der Waals surface area contributed by atoms with Gasteiger partial charge >= 0.3 is 0 Å². The predicted molar refractivity (Wildman–Crippen MR) is 120 cm³/mol. The largest absolute Gasteiger partial charge is 0.329 e. The minimum absolute atomic E-state index is 0.0557. The fraction of sp³-hybridized carbons (Fsp3) is 0.250. The number of aromatic amines is 1. The van der Waals surface area contributed by atoms with Gasteiger partial charge in [-0.15, -0.1) is 0 Å². The van der Waals surface area contributed by atoms with Crippen LogP contribution in [0.4, 0.5) is 11.6 Å². The highest BCUT2D eigenvalue weighted by Crippen LogP contribution is 2.33. The van der Waals surface area contributed by atoms with E-state index in [1.54, 1.807) is 0 Å². The third kappa shape index (κ3) is 3.74. The molecule has 0 bridgehead atoms. The second kappa shape index (κ2) is 7.83. The number of pyridine rings is 2. The maximum absolute atomic E-state index is 13.4. The molecular formula is C24H24N6O. The second-order valence-corrected chi connectivity index (χ2v) is 8.01. The third-order valence-electron chi connectivity index (χ3n) is 5.69. The topological polar surface area (TPSA) is 86.8 Å². The van der Waals surface area contributed by atoms with E-state index in [4.69, 9.17) is 4.98 Å². The summed E-state index contributed by atoms with van der Waals surface area (Å²) >= 11 is 0. The molecule has 1 amide bonds. The highest BCUT2D eigenvalue weighted by Gasteiger charge is 2.33. The zero-order valence-electron chi connectivity index (χ0n) is 17.6. The van der Waals surface area contributed by atoms with Crippen LogP contribution in [0, 0.1) is 13.8 Å². The van der Waals surface area contributed by atoms with Gasteiger partial charge in [-0.2, -0.15) is 5.10 Å². The number of anilines is 2. The molecule has 3 aromatic heterocycles. The van der Waals surface area contributed by atoms with Crippen molar-refractivity contribution in [2.75, 3.05) is 11.9 Å². The molecule has 4 heterocycles. The number of nitrogens with zero attached hydrogens (tertiary/aromatic N) is 4. The lowest BCUT2D eigenvalue weighted by atomic mass is 10.1. The highest BCUT2D eigenvalue weighted by atomic mass is 16.2. The Balaban J connectivity index is 1.42.